The summed E-state index contributed by atoms with van der Waals surface area (Å²) < 4.78 is 0.933. The predicted octanol–water partition coefficient (Wildman–Crippen LogP) is 3.45. The predicted molar refractivity (Wildman–Crippen MR) is 73.9 cm³/mol. The van der Waals surface area contributed by atoms with Crippen molar-refractivity contribution >= 4 is 39.3 Å². The van der Waals surface area contributed by atoms with Gasteiger partial charge in [0.1, 0.15) is 0 Å². The Labute approximate surface area is 118 Å². The van der Waals surface area contributed by atoms with E-state index < -0.39 is 0 Å². The van der Waals surface area contributed by atoms with Crippen LogP contribution in [-0.4, -0.2) is 16.1 Å². The number of anilines is 1. The zero-order valence-electron chi connectivity index (χ0n) is 9.45. The van der Waals surface area contributed by atoms with E-state index in [-0.39, 0.29) is 11.1 Å². The minimum atomic E-state index is -0.225. The molecule has 0 radical (unpaired) electrons. The van der Waals surface area contributed by atoms with Gasteiger partial charge < -0.3 is 5.32 Å². The van der Waals surface area contributed by atoms with Gasteiger partial charge in [0.25, 0.3) is 5.91 Å². The standard InChI is InChI=1S/C12H9BrClN3O/c1-7-6-8(13)2-3-9(7)12(18)15-11-5-4-10(14)16-17-11/h2-6H,1H3,(H,15,17,18). The molecule has 1 heterocycles. The Kier molecular flexibility index (Phi) is 3.93. The summed E-state index contributed by atoms with van der Waals surface area (Å²) in [5.74, 6) is 0.142. The lowest BCUT2D eigenvalue weighted by Crippen LogP contribution is -2.14. The highest BCUT2D eigenvalue weighted by Crippen LogP contribution is 2.17. The van der Waals surface area contributed by atoms with E-state index in [0.717, 1.165) is 10.0 Å². The highest BCUT2D eigenvalue weighted by molar-refractivity contribution is 9.10. The van der Waals surface area contributed by atoms with Crippen LogP contribution in [0.2, 0.25) is 5.15 Å². The van der Waals surface area contributed by atoms with Crippen molar-refractivity contribution in [3.8, 4) is 0 Å². The van der Waals surface area contributed by atoms with Gasteiger partial charge in [0.05, 0.1) is 0 Å². The highest BCUT2D eigenvalue weighted by atomic mass is 79.9. The summed E-state index contributed by atoms with van der Waals surface area (Å²) in [6.07, 6.45) is 0. The number of aromatic nitrogens is 2. The van der Waals surface area contributed by atoms with E-state index in [1.54, 1.807) is 18.2 Å². The fraction of sp³-hybridized carbons (Fsp3) is 0.0833. The van der Waals surface area contributed by atoms with Crippen molar-refractivity contribution in [1.29, 1.82) is 0 Å². The lowest BCUT2D eigenvalue weighted by Gasteiger charge is -2.06. The van der Waals surface area contributed by atoms with Crippen LogP contribution in [-0.2, 0) is 0 Å². The second kappa shape index (κ2) is 5.46. The van der Waals surface area contributed by atoms with Crippen LogP contribution >= 0.6 is 27.5 Å². The number of nitrogens with zero attached hydrogens (tertiary/aromatic N) is 2. The Morgan fingerprint density at radius 3 is 2.67 bits per heavy atom. The number of benzene rings is 1. The number of nitrogens with one attached hydrogen (secondary N) is 1. The van der Waals surface area contributed by atoms with Crippen molar-refractivity contribution in [1.82, 2.24) is 10.2 Å². The molecular weight excluding hydrogens is 318 g/mol. The molecule has 0 bridgehead atoms. The summed E-state index contributed by atoms with van der Waals surface area (Å²) in [4.78, 5) is 12.0. The average molecular weight is 327 g/mol. The zero-order chi connectivity index (χ0) is 13.1. The zero-order valence-corrected chi connectivity index (χ0v) is 11.8. The van der Waals surface area contributed by atoms with E-state index in [2.05, 4.69) is 31.4 Å². The summed E-state index contributed by atoms with van der Waals surface area (Å²) in [5, 5.41) is 10.4. The number of hydrogen-bond acceptors (Lipinski definition) is 3. The minimum absolute atomic E-state index is 0.225. The van der Waals surface area contributed by atoms with Gasteiger partial charge in [-0.2, -0.15) is 0 Å². The first-order valence-corrected chi connectivity index (χ1v) is 6.30. The lowest BCUT2D eigenvalue weighted by molar-refractivity contribution is 0.102. The highest BCUT2D eigenvalue weighted by Gasteiger charge is 2.10. The number of carbonyl (C=O) groups is 1. The molecular formula is C12H9BrClN3O. The quantitative estimate of drug-likeness (QED) is 0.919. The van der Waals surface area contributed by atoms with Crippen LogP contribution in [0, 0.1) is 6.92 Å². The molecule has 0 aliphatic carbocycles. The van der Waals surface area contributed by atoms with Gasteiger partial charge in [-0.05, 0) is 42.8 Å². The normalized spacial score (nSPS) is 10.2. The first-order chi connectivity index (χ1) is 8.56. The molecule has 0 saturated heterocycles. The monoisotopic (exact) mass is 325 g/mol. The SMILES string of the molecule is Cc1cc(Br)ccc1C(=O)Nc1ccc(Cl)nn1. The third-order valence-electron chi connectivity index (χ3n) is 2.31. The molecule has 92 valence electrons. The Bertz CT molecular complexity index is 586. The first-order valence-electron chi connectivity index (χ1n) is 5.13. The molecule has 0 unspecified atom stereocenters. The lowest BCUT2D eigenvalue weighted by atomic mass is 10.1. The molecule has 1 aromatic carbocycles. The molecule has 1 amide bonds. The molecule has 0 atom stereocenters. The fourth-order valence-electron chi connectivity index (χ4n) is 1.45. The number of carbonyl (C=O) groups excluding carboxylic acids is 1. The molecule has 0 fully saturated rings. The fourth-order valence-corrected chi connectivity index (χ4v) is 2.02. The van der Waals surface area contributed by atoms with Gasteiger partial charge in [0.15, 0.2) is 11.0 Å². The van der Waals surface area contributed by atoms with Gasteiger partial charge in [0, 0.05) is 10.0 Å². The van der Waals surface area contributed by atoms with E-state index in [1.807, 2.05) is 19.1 Å². The molecule has 2 aromatic rings. The van der Waals surface area contributed by atoms with Crippen molar-refractivity contribution < 1.29 is 4.79 Å². The van der Waals surface area contributed by atoms with Gasteiger partial charge in [-0.15, -0.1) is 10.2 Å². The molecule has 0 aliphatic heterocycles. The van der Waals surface area contributed by atoms with Crippen LogP contribution in [0.25, 0.3) is 0 Å². The van der Waals surface area contributed by atoms with Crippen LogP contribution in [0.5, 0.6) is 0 Å². The van der Waals surface area contributed by atoms with Gasteiger partial charge in [0.2, 0.25) is 0 Å². The van der Waals surface area contributed by atoms with Crippen molar-refractivity contribution in [3.63, 3.8) is 0 Å². The van der Waals surface area contributed by atoms with Gasteiger partial charge in [-0.25, -0.2) is 0 Å². The number of aryl methyl sites for hydroxylation is 1. The average Bonchev–Trinajstić information content (AvgIpc) is 2.32. The van der Waals surface area contributed by atoms with E-state index in [0.29, 0.717) is 11.4 Å². The molecule has 0 spiro atoms. The molecule has 0 saturated carbocycles. The third-order valence-corrected chi connectivity index (χ3v) is 3.00. The second-order valence-corrected chi connectivity index (χ2v) is 4.96. The number of hydrogen-bond donors (Lipinski definition) is 1. The maximum atomic E-state index is 12.0. The van der Waals surface area contributed by atoms with E-state index in [1.165, 1.54) is 0 Å². The topological polar surface area (TPSA) is 54.9 Å². The van der Waals surface area contributed by atoms with Crippen molar-refractivity contribution in [2.75, 3.05) is 5.32 Å². The van der Waals surface area contributed by atoms with Gasteiger partial charge in [-0.1, -0.05) is 27.5 Å². The number of rotatable bonds is 2. The van der Waals surface area contributed by atoms with E-state index >= 15 is 0 Å². The summed E-state index contributed by atoms with van der Waals surface area (Å²) in [7, 11) is 0. The molecule has 2 rings (SSSR count). The number of amides is 1. The van der Waals surface area contributed by atoms with Crippen molar-refractivity contribution in [2.24, 2.45) is 0 Å². The maximum absolute atomic E-state index is 12.0. The smallest absolute Gasteiger partial charge is 0.257 e. The second-order valence-electron chi connectivity index (χ2n) is 3.65. The molecule has 1 N–H and O–H groups in total. The molecule has 1 aromatic heterocycles. The third kappa shape index (κ3) is 3.05. The first kappa shape index (κ1) is 13.0. The van der Waals surface area contributed by atoms with Crippen LogP contribution in [0.3, 0.4) is 0 Å². The Balaban J connectivity index is 2.19. The maximum Gasteiger partial charge on any atom is 0.257 e. The summed E-state index contributed by atoms with van der Waals surface area (Å²) in [6.45, 7) is 1.87. The molecule has 6 heteroatoms. The van der Waals surface area contributed by atoms with Gasteiger partial charge in [-0.3, -0.25) is 4.79 Å². The molecule has 18 heavy (non-hydrogen) atoms. The summed E-state index contributed by atoms with van der Waals surface area (Å²) in [5.41, 5.74) is 1.47. The minimum Gasteiger partial charge on any atom is -0.305 e. The summed E-state index contributed by atoms with van der Waals surface area (Å²) in [6, 6.07) is 8.61. The summed E-state index contributed by atoms with van der Waals surface area (Å²) >= 11 is 8.97. The van der Waals surface area contributed by atoms with Crippen LogP contribution in [0.1, 0.15) is 15.9 Å². The molecule has 4 nitrogen and oxygen atoms in total. The van der Waals surface area contributed by atoms with Crippen molar-refractivity contribution in [2.45, 2.75) is 6.92 Å². The largest absolute Gasteiger partial charge is 0.305 e. The number of halogens is 2. The Hall–Kier alpha value is -1.46. The van der Waals surface area contributed by atoms with Crippen LogP contribution in [0.15, 0.2) is 34.8 Å². The van der Waals surface area contributed by atoms with Crippen LogP contribution in [0.4, 0.5) is 5.82 Å². The van der Waals surface area contributed by atoms with Crippen LogP contribution < -0.4 is 5.32 Å². The molecule has 0 aliphatic rings. The van der Waals surface area contributed by atoms with E-state index in [9.17, 15) is 4.79 Å². The Morgan fingerprint density at radius 2 is 2.06 bits per heavy atom. The Morgan fingerprint density at radius 1 is 1.28 bits per heavy atom. The van der Waals surface area contributed by atoms with Gasteiger partial charge >= 0.3 is 0 Å². The van der Waals surface area contributed by atoms with E-state index in [4.69, 9.17) is 11.6 Å². The van der Waals surface area contributed by atoms with Crippen molar-refractivity contribution in [3.05, 3.63) is 51.1 Å².